The monoisotopic (exact) mass is 386 g/mol. The summed E-state index contributed by atoms with van der Waals surface area (Å²) in [6.45, 7) is 6.38. The van der Waals surface area contributed by atoms with Crippen LogP contribution >= 0.6 is 11.5 Å². The number of hydrogen-bond donors (Lipinski definition) is 1. The molecule has 0 aliphatic carbocycles. The molecular weight excluding hydrogens is 367 g/mol. The van der Waals surface area contributed by atoms with E-state index < -0.39 is 0 Å². The molecule has 1 saturated heterocycles. The SMILES string of the molecule is Cc1nsc(C2=NNC=C3[C@@H](C)N(C(=O)c4ccc(F)cc4)CC(C)N32)n1. The molecule has 1 fully saturated rings. The van der Waals surface area contributed by atoms with Crippen molar-refractivity contribution in [2.24, 2.45) is 5.10 Å². The van der Waals surface area contributed by atoms with E-state index in [0.29, 0.717) is 23.8 Å². The zero-order valence-electron chi connectivity index (χ0n) is 15.2. The average Bonchev–Trinajstić information content (AvgIpc) is 3.10. The van der Waals surface area contributed by atoms with Gasteiger partial charge in [-0.15, -0.1) is 0 Å². The van der Waals surface area contributed by atoms with Crippen molar-refractivity contribution < 1.29 is 9.18 Å². The molecule has 0 bridgehead atoms. The van der Waals surface area contributed by atoms with Gasteiger partial charge in [0.2, 0.25) is 0 Å². The summed E-state index contributed by atoms with van der Waals surface area (Å²) < 4.78 is 17.4. The molecule has 0 spiro atoms. The first-order valence-electron chi connectivity index (χ1n) is 8.65. The van der Waals surface area contributed by atoms with Crippen LogP contribution in [0.1, 0.15) is 35.0 Å². The van der Waals surface area contributed by atoms with Crippen molar-refractivity contribution in [1.82, 2.24) is 24.6 Å². The number of nitrogens with zero attached hydrogens (tertiary/aromatic N) is 5. The predicted octanol–water partition coefficient (Wildman–Crippen LogP) is 2.33. The number of aryl methyl sites for hydroxylation is 1. The van der Waals surface area contributed by atoms with E-state index in [0.717, 1.165) is 10.7 Å². The van der Waals surface area contributed by atoms with Crippen LogP contribution in [0.2, 0.25) is 0 Å². The molecule has 2 aromatic rings. The molecule has 2 aliphatic rings. The second kappa shape index (κ2) is 6.73. The van der Waals surface area contributed by atoms with Crippen LogP contribution in [0.15, 0.2) is 41.3 Å². The second-order valence-corrected chi connectivity index (χ2v) is 7.39. The van der Waals surface area contributed by atoms with Gasteiger partial charge in [-0.05, 0) is 56.6 Å². The zero-order valence-corrected chi connectivity index (χ0v) is 16.0. The number of aromatic nitrogens is 2. The Bertz CT molecular complexity index is 938. The highest BCUT2D eigenvalue weighted by Gasteiger charge is 2.40. The Morgan fingerprint density at radius 1 is 1.30 bits per heavy atom. The number of carbonyl (C=O) groups excluding carboxylic acids is 1. The van der Waals surface area contributed by atoms with Gasteiger partial charge < -0.3 is 9.80 Å². The minimum atomic E-state index is -0.356. The largest absolute Gasteiger partial charge is 0.328 e. The van der Waals surface area contributed by atoms with Gasteiger partial charge in [-0.1, -0.05) is 0 Å². The molecule has 27 heavy (non-hydrogen) atoms. The van der Waals surface area contributed by atoms with Crippen LogP contribution in [0.5, 0.6) is 0 Å². The quantitative estimate of drug-likeness (QED) is 0.858. The van der Waals surface area contributed by atoms with E-state index in [4.69, 9.17) is 0 Å². The molecule has 1 amide bonds. The molecule has 9 heteroatoms. The van der Waals surface area contributed by atoms with Gasteiger partial charge in [0.1, 0.15) is 11.6 Å². The Kier molecular flexibility index (Phi) is 4.39. The summed E-state index contributed by atoms with van der Waals surface area (Å²) in [5.74, 6) is 0.946. The summed E-state index contributed by atoms with van der Waals surface area (Å²) in [6.07, 6.45) is 1.81. The van der Waals surface area contributed by atoms with Crippen LogP contribution in [-0.2, 0) is 0 Å². The Balaban J connectivity index is 1.62. The molecule has 7 nitrogen and oxygen atoms in total. The summed E-state index contributed by atoms with van der Waals surface area (Å²) in [5.41, 5.74) is 4.34. The lowest BCUT2D eigenvalue weighted by Gasteiger charge is -2.47. The number of fused-ring (bicyclic) bond motifs is 1. The lowest BCUT2D eigenvalue weighted by atomic mass is 10.0. The predicted molar refractivity (Wildman–Crippen MR) is 101 cm³/mol. The van der Waals surface area contributed by atoms with Gasteiger partial charge in [-0.25, -0.2) is 9.37 Å². The average molecular weight is 386 g/mol. The van der Waals surface area contributed by atoms with E-state index in [-0.39, 0.29) is 23.8 Å². The van der Waals surface area contributed by atoms with Crippen molar-refractivity contribution in [2.45, 2.75) is 32.9 Å². The lowest BCUT2D eigenvalue weighted by Crippen LogP contribution is -2.59. The van der Waals surface area contributed by atoms with Gasteiger partial charge in [0.05, 0.1) is 17.8 Å². The minimum absolute atomic E-state index is 0.00176. The maximum Gasteiger partial charge on any atom is 0.254 e. The van der Waals surface area contributed by atoms with Crippen molar-refractivity contribution in [3.05, 3.63) is 58.4 Å². The lowest BCUT2D eigenvalue weighted by molar-refractivity contribution is 0.0583. The fraction of sp³-hybridized carbons (Fsp3) is 0.333. The van der Waals surface area contributed by atoms with Crippen LogP contribution < -0.4 is 5.43 Å². The summed E-state index contributed by atoms with van der Waals surface area (Å²) >= 11 is 1.30. The van der Waals surface area contributed by atoms with Gasteiger partial charge in [0, 0.05) is 18.3 Å². The topological polar surface area (TPSA) is 73.7 Å². The summed E-state index contributed by atoms with van der Waals surface area (Å²) in [7, 11) is 0. The molecule has 1 aromatic carbocycles. The molecule has 0 radical (unpaired) electrons. The van der Waals surface area contributed by atoms with Crippen LogP contribution in [0, 0.1) is 12.7 Å². The van der Waals surface area contributed by atoms with Crippen molar-refractivity contribution in [2.75, 3.05) is 6.54 Å². The zero-order chi connectivity index (χ0) is 19.1. The van der Waals surface area contributed by atoms with Gasteiger partial charge in [-0.2, -0.15) is 9.47 Å². The highest BCUT2D eigenvalue weighted by molar-refractivity contribution is 7.07. The van der Waals surface area contributed by atoms with Gasteiger partial charge in [-0.3, -0.25) is 10.2 Å². The smallest absolute Gasteiger partial charge is 0.254 e. The van der Waals surface area contributed by atoms with Gasteiger partial charge in [0.25, 0.3) is 5.91 Å². The van der Waals surface area contributed by atoms with Crippen molar-refractivity contribution >= 4 is 23.3 Å². The van der Waals surface area contributed by atoms with E-state index in [1.165, 1.54) is 35.8 Å². The van der Waals surface area contributed by atoms with Crippen LogP contribution in [0.25, 0.3) is 0 Å². The fourth-order valence-electron chi connectivity index (χ4n) is 3.43. The Hall–Kier alpha value is -2.81. The molecule has 4 rings (SSSR count). The van der Waals surface area contributed by atoms with Gasteiger partial charge >= 0.3 is 0 Å². The first kappa shape index (κ1) is 17.6. The standard InChI is InChI=1S/C18H19FN6OS/c1-10-9-24(18(26)13-4-6-14(19)7-5-13)11(2)15-8-20-22-16(25(10)15)17-21-12(3)23-27-17/h4-8,10-11,20H,9H2,1-3H3/t10?,11-/m1/s1. The molecule has 3 heterocycles. The molecular formula is C18H19FN6OS. The Morgan fingerprint density at radius 2 is 2.04 bits per heavy atom. The third-order valence-electron chi connectivity index (χ3n) is 4.76. The number of amides is 1. The highest BCUT2D eigenvalue weighted by atomic mass is 32.1. The van der Waals surface area contributed by atoms with Crippen LogP contribution in [0.4, 0.5) is 4.39 Å². The number of piperazine rings is 1. The Morgan fingerprint density at radius 3 is 2.70 bits per heavy atom. The number of carbonyl (C=O) groups is 1. The van der Waals surface area contributed by atoms with Crippen molar-refractivity contribution in [3.8, 4) is 0 Å². The van der Waals surface area contributed by atoms with E-state index in [1.807, 2.05) is 27.0 Å². The van der Waals surface area contributed by atoms with E-state index in [1.54, 1.807) is 4.90 Å². The van der Waals surface area contributed by atoms with Crippen LogP contribution in [0.3, 0.4) is 0 Å². The third-order valence-corrected chi connectivity index (χ3v) is 5.56. The van der Waals surface area contributed by atoms with E-state index in [9.17, 15) is 9.18 Å². The number of amidine groups is 1. The molecule has 0 saturated carbocycles. The van der Waals surface area contributed by atoms with Crippen molar-refractivity contribution in [1.29, 1.82) is 0 Å². The highest BCUT2D eigenvalue weighted by Crippen LogP contribution is 2.30. The first-order chi connectivity index (χ1) is 13.0. The maximum atomic E-state index is 13.2. The molecule has 1 unspecified atom stereocenters. The second-order valence-electron chi connectivity index (χ2n) is 6.64. The van der Waals surface area contributed by atoms with E-state index in [2.05, 4.69) is 24.8 Å². The fourth-order valence-corrected chi connectivity index (χ4v) is 4.09. The number of rotatable bonds is 2. The molecule has 2 aliphatic heterocycles. The third kappa shape index (κ3) is 3.08. The maximum absolute atomic E-state index is 13.2. The van der Waals surface area contributed by atoms with Crippen molar-refractivity contribution in [3.63, 3.8) is 0 Å². The number of hydrazone groups is 1. The van der Waals surface area contributed by atoms with E-state index >= 15 is 0 Å². The Labute approximate surface area is 160 Å². The number of hydrogen-bond acceptors (Lipinski definition) is 7. The van der Waals surface area contributed by atoms with Gasteiger partial charge in [0.15, 0.2) is 10.8 Å². The van der Waals surface area contributed by atoms with Crippen LogP contribution in [-0.4, -0.2) is 49.5 Å². The first-order valence-corrected chi connectivity index (χ1v) is 9.43. The minimum Gasteiger partial charge on any atom is -0.328 e. The molecule has 1 aromatic heterocycles. The molecule has 2 atom stereocenters. The summed E-state index contributed by atoms with van der Waals surface area (Å²) in [6, 6.07) is 5.48. The number of benzene rings is 1. The molecule has 140 valence electrons. The number of halogens is 1. The summed E-state index contributed by atoms with van der Waals surface area (Å²) in [4.78, 5) is 21.3. The normalized spacial score (nSPS) is 21.9. The molecule has 1 N–H and O–H groups in total. The summed E-state index contributed by atoms with van der Waals surface area (Å²) in [5, 5.41) is 5.14. The number of nitrogens with one attached hydrogen (secondary N) is 1.